The minimum atomic E-state index is -4.43. The van der Waals surface area contributed by atoms with E-state index in [9.17, 15) is 22.8 Å². The highest BCUT2D eigenvalue weighted by Crippen LogP contribution is 2.31. The van der Waals surface area contributed by atoms with Gasteiger partial charge >= 0.3 is 6.18 Å². The average Bonchev–Trinajstić information content (AvgIpc) is 2.84. The maximum Gasteiger partial charge on any atom is 0.416 e. The Labute approximate surface area is 196 Å². The van der Waals surface area contributed by atoms with Gasteiger partial charge in [-0.2, -0.15) is 13.2 Å². The van der Waals surface area contributed by atoms with Crippen LogP contribution in [0.5, 0.6) is 0 Å². The topological polar surface area (TPSA) is 116 Å². The predicted octanol–water partition coefficient (Wildman–Crippen LogP) is 4.69. The minimum Gasteiger partial charge on any atom is -0.340 e. The Hall–Kier alpha value is -4.51. The molecule has 0 spiro atoms. The van der Waals surface area contributed by atoms with Gasteiger partial charge in [0.1, 0.15) is 12.1 Å². The van der Waals surface area contributed by atoms with Crippen LogP contribution < -0.4 is 16.1 Å². The minimum absolute atomic E-state index is 0.0427. The Morgan fingerprint density at radius 2 is 1.57 bits per heavy atom. The van der Waals surface area contributed by atoms with Gasteiger partial charge in [-0.25, -0.2) is 15.4 Å². The molecule has 1 aromatic heterocycles. The first-order valence-corrected chi connectivity index (χ1v) is 10.3. The molecule has 4 rings (SSSR count). The molecule has 3 aromatic carbocycles. The monoisotopic (exact) mass is 481 g/mol. The average molecular weight is 481 g/mol. The van der Waals surface area contributed by atoms with Crippen LogP contribution >= 0.6 is 0 Å². The summed E-state index contributed by atoms with van der Waals surface area (Å²) in [6.07, 6.45) is -3.06. The molecular weight excluding hydrogens is 463 g/mol. The van der Waals surface area contributed by atoms with E-state index in [2.05, 4.69) is 20.6 Å². The molecule has 0 aliphatic carbocycles. The van der Waals surface area contributed by atoms with Crippen molar-refractivity contribution >= 4 is 39.9 Å². The Morgan fingerprint density at radius 1 is 0.886 bits per heavy atom. The fourth-order valence-corrected chi connectivity index (χ4v) is 3.34. The second-order valence-electron chi connectivity index (χ2n) is 7.52. The lowest BCUT2D eigenvalue weighted by atomic mass is 10.1. The molecule has 35 heavy (non-hydrogen) atoms. The lowest BCUT2D eigenvalue weighted by Gasteiger charge is -2.12. The lowest BCUT2D eigenvalue weighted by molar-refractivity contribution is -0.137. The first kappa shape index (κ1) is 23.6. The van der Waals surface area contributed by atoms with Crippen molar-refractivity contribution in [2.45, 2.75) is 12.6 Å². The molecule has 2 amide bonds. The number of hydroxylamine groups is 1. The number of carbonyl (C=O) groups excluding carboxylic acids is 2. The molecule has 11 heteroatoms. The fourth-order valence-electron chi connectivity index (χ4n) is 3.34. The number of amides is 2. The molecule has 178 valence electrons. The van der Waals surface area contributed by atoms with Crippen LogP contribution in [0.3, 0.4) is 0 Å². The van der Waals surface area contributed by atoms with Crippen LogP contribution in [-0.2, 0) is 17.4 Å². The molecule has 0 saturated carbocycles. The van der Waals surface area contributed by atoms with Gasteiger partial charge in [-0.3, -0.25) is 14.8 Å². The summed E-state index contributed by atoms with van der Waals surface area (Å²) >= 11 is 0. The van der Waals surface area contributed by atoms with Gasteiger partial charge in [0.2, 0.25) is 5.91 Å². The van der Waals surface area contributed by atoms with Crippen LogP contribution in [0, 0.1) is 0 Å². The van der Waals surface area contributed by atoms with Gasteiger partial charge in [-0.15, -0.1) is 0 Å². The Bertz CT molecular complexity index is 1370. The molecule has 0 radical (unpaired) electrons. The summed E-state index contributed by atoms with van der Waals surface area (Å²) in [5, 5.41) is 15.0. The number of nitrogens with one attached hydrogen (secondary N) is 3. The number of fused-ring (bicyclic) bond motifs is 1. The van der Waals surface area contributed by atoms with Gasteiger partial charge in [-0.1, -0.05) is 12.1 Å². The summed E-state index contributed by atoms with van der Waals surface area (Å²) in [5.41, 5.74) is 3.15. The van der Waals surface area contributed by atoms with Crippen molar-refractivity contribution in [2.75, 3.05) is 10.6 Å². The molecule has 8 nitrogen and oxygen atoms in total. The van der Waals surface area contributed by atoms with E-state index in [0.717, 1.165) is 12.1 Å². The molecule has 0 unspecified atom stereocenters. The van der Waals surface area contributed by atoms with Gasteiger partial charge in [0.05, 0.1) is 17.5 Å². The third-order valence-electron chi connectivity index (χ3n) is 5.08. The van der Waals surface area contributed by atoms with Crippen molar-refractivity contribution in [1.82, 2.24) is 15.4 Å². The number of carbonyl (C=O) groups is 2. The van der Waals surface area contributed by atoms with E-state index in [-0.39, 0.29) is 17.9 Å². The third kappa shape index (κ3) is 5.71. The summed E-state index contributed by atoms with van der Waals surface area (Å²) in [4.78, 5) is 32.3. The molecule has 1 heterocycles. The second kappa shape index (κ2) is 9.77. The van der Waals surface area contributed by atoms with Crippen molar-refractivity contribution in [2.24, 2.45) is 0 Å². The Kier molecular flexibility index (Phi) is 6.60. The number of halogens is 3. The standard InChI is InChI=1S/C24H18F3N5O3/c25-24(26,27)16-5-7-17(8-6-16)31-22-19-12-18(9-10-20(19)28-13-29-22)30-21(33)11-14-1-3-15(4-2-14)23(34)32-35/h1-10,12-13,35H,11H2,(H,30,33)(H,32,34)(H,28,29,31). The van der Waals surface area contributed by atoms with Crippen molar-refractivity contribution < 1.29 is 28.0 Å². The maximum absolute atomic E-state index is 12.8. The van der Waals surface area contributed by atoms with Gasteiger partial charge in [0.15, 0.2) is 0 Å². The SMILES string of the molecule is O=C(Cc1ccc(C(=O)NO)cc1)Nc1ccc2ncnc(Nc3ccc(C(F)(F)F)cc3)c2c1. The molecule has 4 aromatic rings. The largest absolute Gasteiger partial charge is 0.416 e. The first-order chi connectivity index (χ1) is 16.7. The van der Waals surface area contributed by atoms with Gasteiger partial charge in [0.25, 0.3) is 5.91 Å². The van der Waals surface area contributed by atoms with Crippen LogP contribution in [0.4, 0.5) is 30.4 Å². The number of rotatable bonds is 6. The lowest BCUT2D eigenvalue weighted by Crippen LogP contribution is -2.18. The van der Waals surface area contributed by atoms with E-state index in [1.807, 2.05) is 0 Å². The molecule has 0 aliphatic rings. The summed E-state index contributed by atoms with van der Waals surface area (Å²) < 4.78 is 38.4. The molecule has 0 atom stereocenters. The molecule has 0 fully saturated rings. The van der Waals surface area contributed by atoms with E-state index in [1.54, 1.807) is 30.3 Å². The zero-order valence-corrected chi connectivity index (χ0v) is 17.9. The van der Waals surface area contributed by atoms with Gasteiger partial charge in [0, 0.05) is 22.3 Å². The van der Waals surface area contributed by atoms with Crippen molar-refractivity contribution in [3.05, 3.63) is 89.7 Å². The Morgan fingerprint density at radius 3 is 2.23 bits per heavy atom. The molecule has 4 N–H and O–H groups in total. The van der Waals surface area contributed by atoms with E-state index in [0.29, 0.717) is 33.7 Å². The van der Waals surface area contributed by atoms with E-state index < -0.39 is 17.6 Å². The van der Waals surface area contributed by atoms with E-state index >= 15 is 0 Å². The van der Waals surface area contributed by atoms with Crippen LogP contribution in [0.25, 0.3) is 10.9 Å². The normalized spacial score (nSPS) is 11.2. The highest BCUT2D eigenvalue weighted by atomic mass is 19.4. The van der Waals surface area contributed by atoms with E-state index in [1.165, 1.54) is 36.1 Å². The van der Waals surface area contributed by atoms with Crippen LogP contribution in [0.2, 0.25) is 0 Å². The van der Waals surface area contributed by atoms with E-state index in [4.69, 9.17) is 5.21 Å². The summed E-state index contributed by atoms with van der Waals surface area (Å²) in [5.74, 6) is -0.596. The number of nitrogens with zero attached hydrogens (tertiary/aromatic N) is 2. The van der Waals surface area contributed by atoms with Crippen LogP contribution in [-0.4, -0.2) is 27.0 Å². The number of hydrogen-bond acceptors (Lipinski definition) is 6. The van der Waals surface area contributed by atoms with Crippen molar-refractivity contribution in [3.8, 4) is 0 Å². The summed E-state index contributed by atoms with van der Waals surface area (Å²) in [7, 11) is 0. The molecule has 0 saturated heterocycles. The first-order valence-electron chi connectivity index (χ1n) is 10.3. The number of aromatic nitrogens is 2. The molecule has 0 bridgehead atoms. The summed E-state index contributed by atoms with van der Waals surface area (Å²) in [6.45, 7) is 0. The number of benzene rings is 3. The molecule has 0 aliphatic heterocycles. The zero-order valence-electron chi connectivity index (χ0n) is 17.9. The number of hydrogen-bond donors (Lipinski definition) is 4. The molecular formula is C24H18F3N5O3. The predicted molar refractivity (Wildman–Crippen MR) is 122 cm³/mol. The highest BCUT2D eigenvalue weighted by molar-refractivity contribution is 5.98. The fraction of sp³-hybridized carbons (Fsp3) is 0.0833. The number of alkyl halides is 3. The quantitative estimate of drug-likeness (QED) is 0.235. The van der Waals surface area contributed by atoms with Crippen molar-refractivity contribution in [1.29, 1.82) is 0 Å². The smallest absolute Gasteiger partial charge is 0.340 e. The Balaban J connectivity index is 1.49. The highest BCUT2D eigenvalue weighted by Gasteiger charge is 2.29. The zero-order chi connectivity index (χ0) is 25.0. The van der Waals surface area contributed by atoms with Gasteiger partial charge in [-0.05, 0) is 60.2 Å². The second-order valence-corrected chi connectivity index (χ2v) is 7.52. The summed E-state index contributed by atoms with van der Waals surface area (Å²) in [6, 6.07) is 15.7. The van der Waals surface area contributed by atoms with Gasteiger partial charge < -0.3 is 10.6 Å². The third-order valence-corrected chi connectivity index (χ3v) is 5.08. The maximum atomic E-state index is 12.8. The van der Waals surface area contributed by atoms with Crippen LogP contribution in [0.1, 0.15) is 21.5 Å². The van der Waals surface area contributed by atoms with Crippen LogP contribution in [0.15, 0.2) is 73.1 Å². The van der Waals surface area contributed by atoms with Crippen molar-refractivity contribution in [3.63, 3.8) is 0 Å². The number of anilines is 3.